The van der Waals surface area contributed by atoms with E-state index in [1.165, 1.54) is 50.5 Å². The highest BCUT2D eigenvalue weighted by Crippen LogP contribution is 2.39. The fourth-order valence-corrected chi connectivity index (χ4v) is 4.24. The van der Waals surface area contributed by atoms with E-state index in [1.807, 2.05) is 0 Å². The van der Waals surface area contributed by atoms with E-state index in [-0.39, 0.29) is 6.04 Å². The molecule has 1 fully saturated rings. The van der Waals surface area contributed by atoms with E-state index in [0.717, 1.165) is 14.9 Å². The van der Waals surface area contributed by atoms with Gasteiger partial charge in [-0.3, -0.25) is 0 Å². The first kappa shape index (κ1) is 16.5. The lowest BCUT2D eigenvalue weighted by Crippen LogP contribution is -2.26. The Kier molecular flexibility index (Phi) is 6.57. The first-order chi connectivity index (χ1) is 9.61. The van der Waals surface area contributed by atoms with Gasteiger partial charge in [-0.1, -0.05) is 70.9 Å². The van der Waals surface area contributed by atoms with Gasteiger partial charge in [0.1, 0.15) is 0 Å². The molecular weight excluding hydrogens is 378 g/mol. The summed E-state index contributed by atoms with van der Waals surface area (Å²) < 4.78 is 2.25. The van der Waals surface area contributed by atoms with Gasteiger partial charge in [-0.2, -0.15) is 0 Å². The van der Waals surface area contributed by atoms with Crippen LogP contribution in [0.5, 0.6) is 0 Å². The third kappa shape index (κ3) is 4.32. The van der Waals surface area contributed by atoms with Crippen LogP contribution in [0.3, 0.4) is 0 Å². The number of hydrogen-bond donors (Lipinski definition) is 1. The minimum absolute atomic E-state index is 0.161. The van der Waals surface area contributed by atoms with Crippen LogP contribution in [0, 0.1) is 11.8 Å². The van der Waals surface area contributed by atoms with Crippen LogP contribution in [0.2, 0.25) is 0 Å². The minimum Gasteiger partial charge on any atom is -0.324 e. The van der Waals surface area contributed by atoms with Crippen LogP contribution in [-0.2, 0) is 0 Å². The zero-order chi connectivity index (χ0) is 14.5. The monoisotopic (exact) mass is 401 g/mol. The molecule has 0 aliphatic heterocycles. The summed E-state index contributed by atoms with van der Waals surface area (Å²) in [4.78, 5) is 0. The van der Waals surface area contributed by atoms with Gasteiger partial charge in [0.15, 0.2) is 0 Å². The summed E-state index contributed by atoms with van der Waals surface area (Å²) in [6.07, 6.45) is 9.43. The Hall–Kier alpha value is 0.140. The second-order valence-corrected chi connectivity index (χ2v) is 7.88. The lowest BCUT2D eigenvalue weighted by Gasteiger charge is -2.32. The van der Waals surface area contributed by atoms with Gasteiger partial charge in [0.05, 0.1) is 0 Å². The molecule has 1 aromatic carbocycles. The molecule has 1 aliphatic rings. The highest BCUT2D eigenvalue weighted by molar-refractivity contribution is 9.11. The second kappa shape index (κ2) is 7.95. The SMILES string of the molecule is CCCCC1CCC(C(N)c2cc(Br)ccc2Br)CC1. The Morgan fingerprint density at radius 2 is 1.90 bits per heavy atom. The number of hydrogen-bond acceptors (Lipinski definition) is 1. The Balaban J connectivity index is 1.94. The van der Waals surface area contributed by atoms with E-state index < -0.39 is 0 Å². The molecule has 1 unspecified atom stereocenters. The quantitative estimate of drug-likeness (QED) is 0.622. The fourth-order valence-electron chi connectivity index (χ4n) is 3.35. The number of halogens is 2. The summed E-state index contributed by atoms with van der Waals surface area (Å²) in [6, 6.07) is 6.47. The summed E-state index contributed by atoms with van der Waals surface area (Å²) >= 11 is 7.19. The highest BCUT2D eigenvalue weighted by Gasteiger charge is 2.27. The maximum absolute atomic E-state index is 6.53. The van der Waals surface area contributed by atoms with E-state index in [9.17, 15) is 0 Å². The van der Waals surface area contributed by atoms with Crippen LogP contribution in [0.15, 0.2) is 27.1 Å². The minimum atomic E-state index is 0.161. The average molecular weight is 403 g/mol. The number of rotatable bonds is 5. The maximum Gasteiger partial charge on any atom is 0.0335 e. The topological polar surface area (TPSA) is 26.0 Å². The Morgan fingerprint density at radius 3 is 2.55 bits per heavy atom. The molecule has 1 aromatic rings. The van der Waals surface area contributed by atoms with Gasteiger partial charge < -0.3 is 5.73 Å². The number of benzene rings is 1. The van der Waals surface area contributed by atoms with Gasteiger partial charge in [0.2, 0.25) is 0 Å². The molecule has 2 N–H and O–H groups in total. The van der Waals surface area contributed by atoms with E-state index in [4.69, 9.17) is 5.73 Å². The van der Waals surface area contributed by atoms with Crippen molar-refractivity contribution in [3.63, 3.8) is 0 Å². The maximum atomic E-state index is 6.53. The summed E-state index contributed by atoms with van der Waals surface area (Å²) in [5.74, 6) is 1.59. The van der Waals surface area contributed by atoms with Crippen molar-refractivity contribution in [2.24, 2.45) is 17.6 Å². The van der Waals surface area contributed by atoms with Gasteiger partial charge in [-0.15, -0.1) is 0 Å². The molecule has 1 saturated carbocycles. The lowest BCUT2D eigenvalue weighted by molar-refractivity contribution is 0.232. The third-order valence-corrected chi connectivity index (χ3v) is 5.90. The Labute approximate surface area is 140 Å². The standard InChI is InChI=1S/C17H25Br2N/c1-2-3-4-12-5-7-13(8-6-12)17(20)15-11-14(18)9-10-16(15)19/h9-13,17H,2-8,20H2,1H3. The number of nitrogens with two attached hydrogens (primary N) is 1. The van der Waals surface area contributed by atoms with Crippen molar-refractivity contribution in [2.45, 2.75) is 57.9 Å². The summed E-state index contributed by atoms with van der Waals surface area (Å²) in [6.45, 7) is 2.28. The van der Waals surface area contributed by atoms with Gasteiger partial charge in [0.25, 0.3) is 0 Å². The second-order valence-electron chi connectivity index (χ2n) is 6.11. The van der Waals surface area contributed by atoms with Crippen molar-refractivity contribution >= 4 is 31.9 Å². The largest absolute Gasteiger partial charge is 0.324 e. The van der Waals surface area contributed by atoms with Gasteiger partial charge in [-0.25, -0.2) is 0 Å². The van der Waals surface area contributed by atoms with Crippen molar-refractivity contribution < 1.29 is 0 Å². The van der Waals surface area contributed by atoms with E-state index in [0.29, 0.717) is 5.92 Å². The van der Waals surface area contributed by atoms with Crippen molar-refractivity contribution in [1.82, 2.24) is 0 Å². The zero-order valence-electron chi connectivity index (χ0n) is 12.2. The molecule has 0 bridgehead atoms. The van der Waals surface area contributed by atoms with Crippen LogP contribution in [-0.4, -0.2) is 0 Å². The molecule has 1 atom stereocenters. The number of unbranched alkanes of at least 4 members (excludes halogenated alkanes) is 1. The third-order valence-electron chi connectivity index (χ3n) is 4.68. The first-order valence-electron chi connectivity index (χ1n) is 7.82. The smallest absolute Gasteiger partial charge is 0.0335 e. The summed E-state index contributed by atoms with van der Waals surface area (Å²) in [5, 5.41) is 0. The molecule has 1 nitrogen and oxygen atoms in total. The molecular formula is C17H25Br2N. The molecule has 0 saturated heterocycles. The molecule has 112 valence electrons. The van der Waals surface area contributed by atoms with Crippen LogP contribution in [0.4, 0.5) is 0 Å². The molecule has 0 heterocycles. The van der Waals surface area contributed by atoms with Crippen molar-refractivity contribution in [3.8, 4) is 0 Å². The summed E-state index contributed by atoms with van der Waals surface area (Å²) in [5.41, 5.74) is 7.78. The molecule has 1 aliphatic carbocycles. The van der Waals surface area contributed by atoms with E-state index >= 15 is 0 Å². The van der Waals surface area contributed by atoms with Crippen molar-refractivity contribution in [1.29, 1.82) is 0 Å². The van der Waals surface area contributed by atoms with E-state index in [2.05, 4.69) is 57.0 Å². The lowest BCUT2D eigenvalue weighted by atomic mass is 9.75. The molecule has 0 radical (unpaired) electrons. The molecule has 2 rings (SSSR count). The highest BCUT2D eigenvalue weighted by atomic mass is 79.9. The molecule has 0 amide bonds. The van der Waals surface area contributed by atoms with Crippen LogP contribution >= 0.6 is 31.9 Å². The van der Waals surface area contributed by atoms with Crippen molar-refractivity contribution in [3.05, 3.63) is 32.7 Å². The predicted octanol–water partition coefficient (Wildman–Crippen LogP) is 6.21. The van der Waals surface area contributed by atoms with Gasteiger partial charge in [0, 0.05) is 15.0 Å². The molecule has 3 heteroatoms. The average Bonchev–Trinajstić information content (AvgIpc) is 2.47. The van der Waals surface area contributed by atoms with Gasteiger partial charge >= 0.3 is 0 Å². The first-order valence-corrected chi connectivity index (χ1v) is 9.41. The normalized spacial score (nSPS) is 24.6. The van der Waals surface area contributed by atoms with Gasteiger partial charge in [-0.05, 0) is 48.4 Å². The molecule has 0 spiro atoms. The van der Waals surface area contributed by atoms with Crippen LogP contribution < -0.4 is 5.73 Å². The van der Waals surface area contributed by atoms with Crippen LogP contribution in [0.1, 0.15) is 63.5 Å². The predicted molar refractivity (Wildman–Crippen MR) is 93.7 cm³/mol. The van der Waals surface area contributed by atoms with E-state index in [1.54, 1.807) is 0 Å². The molecule has 20 heavy (non-hydrogen) atoms. The van der Waals surface area contributed by atoms with Crippen molar-refractivity contribution in [2.75, 3.05) is 0 Å². The molecule has 0 aromatic heterocycles. The Bertz CT molecular complexity index is 425. The fraction of sp³-hybridized carbons (Fsp3) is 0.647. The Morgan fingerprint density at radius 1 is 1.20 bits per heavy atom. The zero-order valence-corrected chi connectivity index (χ0v) is 15.4. The summed E-state index contributed by atoms with van der Waals surface area (Å²) in [7, 11) is 0. The van der Waals surface area contributed by atoms with Crippen LogP contribution in [0.25, 0.3) is 0 Å².